The molecule has 8 heteroatoms. The standard InChI is InChI=1S/C11H18N2O5S/c14-10-7-13(9(6-12-10)11(15)16)19(17,18)8-4-2-1-3-5-8/h8-9H,1-7H2,(H,12,14)(H,15,16). The highest BCUT2D eigenvalue weighted by molar-refractivity contribution is 7.89. The molecule has 2 fully saturated rings. The van der Waals surface area contributed by atoms with Crippen molar-refractivity contribution in [2.75, 3.05) is 13.1 Å². The average molecular weight is 290 g/mol. The highest BCUT2D eigenvalue weighted by Gasteiger charge is 2.43. The lowest BCUT2D eigenvalue weighted by atomic mass is 10.0. The van der Waals surface area contributed by atoms with E-state index < -0.39 is 39.7 Å². The summed E-state index contributed by atoms with van der Waals surface area (Å²) in [5, 5.41) is 10.9. The molecule has 1 aliphatic heterocycles. The van der Waals surface area contributed by atoms with Crippen molar-refractivity contribution in [3.8, 4) is 0 Å². The van der Waals surface area contributed by atoms with E-state index in [2.05, 4.69) is 5.32 Å². The SMILES string of the molecule is O=C1CN(S(=O)(=O)C2CCCCC2)C(C(=O)O)CN1. The van der Waals surface area contributed by atoms with E-state index in [9.17, 15) is 18.0 Å². The maximum Gasteiger partial charge on any atom is 0.323 e. The molecule has 0 aromatic rings. The number of aliphatic carboxylic acids is 1. The van der Waals surface area contributed by atoms with Crippen LogP contribution in [0.4, 0.5) is 0 Å². The Balaban J connectivity index is 2.24. The molecule has 0 aromatic heterocycles. The summed E-state index contributed by atoms with van der Waals surface area (Å²) in [5.41, 5.74) is 0. The van der Waals surface area contributed by atoms with E-state index in [-0.39, 0.29) is 6.54 Å². The summed E-state index contributed by atoms with van der Waals surface area (Å²) in [6.45, 7) is -0.560. The van der Waals surface area contributed by atoms with Gasteiger partial charge in [-0.2, -0.15) is 4.31 Å². The first kappa shape index (κ1) is 14.3. The molecule has 1 saturated carbocycles. The minimum Gasteiger partial charge on any atom is -0.480 e. The van der Waals surface area contributed by atoms with Gasteiger partial charge in [0.15, 0.2) is 0 Å². The van der Waals surface area contributed by atoms with Crippen LogP contribution in [0.5, 0.6) is 0 Å². The molecule has 108 valence electrons. The highest BCUT2D eigenvalue weighted by Crippen LogP contribution is 2.27. The lowest BCUT2D eigenvalue weighted by Gasteiger charge is -2.35. The molecule has 1 heterocycles. The summed E-state index contributed by atoms with van der Waals surface area (Å²) < 4.78 is 25.8. The Hall–Kier alpha value is -1.15. The zero-order chi connectivity index (χ0) is 14.0. The average Bonchev–Trinajstić information content (AvgIpc) is 2.39. The molecule has 19 heavy (non-hydrogen) atoms. The number of nitrogens with one attached hydrogen (secondary N) is 1. The first-order chi connectivity index (χ1) is 8.93. The van der Waals surface area contributed by atoms with Crippen LogP contribution in [0.15, 0.2) is 0 Å². The monoisotopic (exact) mass is 290 g/mol. The molecular formula is C11H18N2O5S. The van der Waals surface area contributed by atoms with E-state index >= 15 is 0 Å². The van der Waals surface area contributed by atoms with E-state index in [0.29, 0.717) is 12.8 Å². The zero-order valence-electron chi connectivity index (χ0n) is 10.5. The molecule has 1 aliphatic carbocycles. The third kappa shape index (κ3) is 2.89. The van der Waals surface area contributed by atoms with Gasteiger partial charge < -0.3 is 10.4 Å². The van der Waals surface area contributed by atoms with Crippen molar-refractivity contribution >= 4 is 21.9 Å². The van der Waals surface area contributed by atoms with Crippen LogP contribution in [0.1, 0.15) is 32.1 Å². The first-order valence-electron chi connectivity index (χ1n) is 6.43. The first-order valence-corrected chi connectivity index (χ1v) is 7.93. The van der Waals surface area contributed by atoms with Crippen molar-refractivity contribution in [1.29, 1.82) is 0 Å². The normalized spacial score (nSPS) is 26.9. The van der Waals surface area contributed by atoms with Crippen LogP contribution in [-0.4, -0.2) is 54.1 Å². The lowest BCUT2D eigenvalue weighted by Crippen LogP contribution is -2.60. The number of piperazine rings is 1. The van der Waals surface area contributed by atoms with Gasteiger partial charge in [0.2, 0.25) is 15.9 Å². The number of rotatable bonds is 3. The summed E-state index contributed by atoms with van der Waals surface area (Å²) >= 11 is 0. The molecule has 0 radical (unpaired) electrons. The Morgan fingerprint density at radius 1 is 1.26 bits per heavy atom. The Kier molecular flexibility index (Phi) is 4.10. The van der Waals surface area contributed by atoms with Crippen molar-refractivity contribution in [1.82, 2.24) is 9.62 Å². The van der Waals surface area contributed by atoms with E-state index in [1.165, 1.54) is 0 Å². The van der Waals surface area contributed by atoms with Crippen LogP contribution in [0, 0.1) is 0 Å². The van der Waals surface area contributed by atoms with Gasteiger partial charge in [0.1, 0.15) is 6.04 Å². The van der Waals surface area contributed by atoms with Crippen LogP contribution < -0.4 is 5.32 Å². The van der Waals surface area contributed by atoms with E-state index in [1.54, 1.807) is 0 Å². The number of hydrogen-bond acceptors (Lipinski definition) is 4. The number of hydrogen-bond donors (Lipinski definition) is 2. The van der Waals surface area contributed by atoms with Gasteiger partial charge >= 0.3 is 5.97 Å². The number of carboxylic acid groups (broad SMARTS) is 1. The number of amides is 1. The quantitative estimate of drug-likeness (QED) is 0.731. The largest absolute Gasteiger partial charge is 0.480 e. The predicted octanol–water partition coefficient (Wildman–Crippen LogP) is -0.466. The maximum absolute atomic E-state index is 12.5. The molecule has 1 amide bonds. The topological polar surface area (TPSA) is 104 Å². The highest BCUT2D eigenvalue weighted by atomic mass is 32.2. The Labute approximate surface area is 112 Å². The van der Waals surface area contributed by atoms with Gasteiger partial charge in [0, 0.05) is 6.54 Å². The summed E-state index contributed by atoms with van der Waals surface area (Å²) in [6, 6.07) is -1.19. The van der Waals surface area contributed by atoms with Gasteiger partial charge in [-0.25, -0.2) is 8.42 Å². The second-order valence-electron chi connectivity index (χ2n) is 5.01. The van der Waals surface area contributed by atoms with Crippen molar-refractivity contribution in [3.05, 3.63) is 0 Å². The minimum absolute atomic E-state index is 0.167. The van der Waals surface area contributed by atoms with Gasteiger partial charge in [-0.3, -0.25) is 9.59 Å². The zero-order valence-corrected chi connectivity index (χ0v) is 11.4. The molecule has 1 atom stereocenters. The molecule has 2 rings (SSSR count). The summed E-state index contributed by atoms with van der Waals surface area (Å²) in [6.07, 6.45) is 3.78. The molecule has 0 spiro atoms. The number of sulfonamides is 1. The fraction of sp³-hybridized carbons (Fsp3) is 0.818. The summed E-state index contributed by atoms with van der Waals surface area (Å²) in [5.74, 6) is -1.67. The third-order valence-corrected chi connectivity index (χ3v) is 6.08. The molecule has 0 bridgehead atoms. The van der Waals surface area contributed by atoms with Crippen LogP contribution in [-0.2, 0) is 19.6 Å². The van der Waals surface area contributed by atoms with Crippen LogP contribution in [0.3, 0.4) is 0 Å². The smallest absolute Gasteiger partial charge is 0.323 e. The van der Waals surface area contributed by atoms with Crippen molar-refractivity contribution in [3.63, 3.8) is 0 Å². The van der Waals surface area contributed by atoms with Crippen LogP contribution in [0.2, 0.25) is 0 Å². The van der Waals surface area contributed by atoms with Gasteiger partial charge in [-0.05, 0) is 12.8 Å². The van der Waals surface area contributed by atoms with Crippen LogP contribution >= 0.6 is 0 Å². The summed E-state index contributed by atoms with van der Waals surface area (Å²) in [4.78, 5) is 22.5. The van der Waals surface area contributed by atoms with Crippen molar-refractivity contribution in [2.24, 2.45) is 0 Å². The van der Waals surface area contributed by atoms with E-state index in [0.717, 1.165) is 23.6 Å². The van der Waals surface area contributed by atoms with Crippen LogP contribution in [0.25, 0.3) is 0 Å². The van der Waals surface area contributed by atoms with Gasteiger partial charge in [-0.1, -0.05) is 19.3 Å². The fourth-order valence-electron chi connectivity index (χ4n) is 2.65. The molecule has 7 nitrogen and oxygen atoms in total. The third-order valence-electron chi connectivity index (χ3n) is 3.73. The van der Waals surface area contributed by atoms with Gasteiger partial charge in [-0.15, -0.1) is 0 Å². The van der Waals surface area contributed by atoms with Gasteiger partial charge in [0.05, 0.1) is 11.8 Å². The second-order valence-corrected chi connectivity index (χ2v) is 7.17. The summed E-state index contributed by atoms with van der Waals surface area (Å²) in [7, 11) is -3.72. The fourth-order valence-corrected chi connectivity index (χ4v) is 4.78. The molecule has 2 aliphatic rings. The predicted molar refractivity (Wildman–Crippen MR) is 66.9 cm³/mol. The number of carbonyl (C=O) groups excluding carboxylic acids is 1. The Bertz CT molecular complexity index is 469. The number of carboxylic acids is 1. The molecule has 1 unspecified atom stereocenters. The van der Waals surface area contributed by atoms with E-state index in [4.69, 9.17) is 5.11 Å². The van der Waals surface area contributed by atoms with Crippen molar-refractivity contribution in [2.45, 2.75) is 43.4 Å². The molecule has 1 saturated heterocycles. The van der Waals surface area contributed by atoms with Gasteiger partial charge in [0.25, 0.3) is 0 Å². The minimum atomic E-state index is -3.72. The number of carbonyl (C=O) groups is 2. The number of nitrogens with zero attached hydrogens (tertiary/aromatic N) is 1. The molecule has 0 aromatic carbocycles. The van der Waals surface area contributed by atoms with Crippen molar-refractivity contribution < 1.29 is 23.1 Å². The van der Waals surface area contributed by atoms with E-state index in [1.807, 2.05) is 0 Å². The Morgan fingerprint density at radius 3 is 2.47 bits per heavy atom. The molecular weight excluding hydrogens is 272 g/mol. The molecule has 2 N–H and O–H groups in total. The lowest BCUT2D eigenvalue weighted by molar-refractivity contribution is -0.143. The second kappa shape index (κ2) is 5.46. The maximum atomic E-state index is 12.5. The Morgan fingerprint density at radius 2 is 1.89 bits per heavy atom.